The normalized spacial score (nSPS) is 44.8. The zero-order valence-corrected chi connectivity index (χ0v) is 9.41. The fourth-order valence-electron chi connectivity index (χ4n) is 1.75. The molecule has 0 aromatic heterocycles. The molecule has 2 rings (SSSR count). The molecule has 0 radical (unpaired) electrons. The van der Waals surface area contributed by atoms with Gasteiger partial charge in [-0.25, -0.2) is 0 Å². The van der Waals surface area contributed by atoms with E-state index in [2.05, 4.69) is 22.6 Å². The number of ether oxygens (including phenoxy) is 3. The van der Waals surface area contributed by atoms with Crippen LogP contribution in [0, 0.1) is 0 Å². The van der Waals surface area contributed by atoms with Crippen molar-refractivity contribution in [3.05, 3.63) is 0 Å². The topological polar surface area (TPSA) is 27.7 Å². The molecular weight excluding hydrogens is 271 g/mol. The molecule has 3 atom stereocenters. The van der Waals surface area contributed by atoms with E-state index in [9.17, 15) is 0 Å². The van der Waals surface area contributed by atoms with Crippen molar-refractivity contribution < 1.29 is 14.2 Å². The molecule has 0 aliphatic carbocycles. The van der Waals surface area contributed by atoms with Crippen LogP contribution in [0.3, 0.4) is 0 Å². The molecule has 4 heteroatoms. The highest BCUT2D eigenvalue weighted by Crippen LogP contribution is 2.35. The van der Waals surface area contributed by atoms with Crippen molar-refractivity contribution in [1.29, 1.82) is 0 Å². The molecule has 3 unspecified atom stereocenters. The monoisotopic (exact) mass is 284 g/mol. The molecule has 70 valence electrons. The Morgan fingerprint density at radius 2 is 2.17 bits per heavy atom. The van der Waals surface area contributed by atoms with Gasteiger partial charge in [-0.1, -0.05) is 22.6 Å². The first kappa shape index (κ1) is 9.18. The second kappa shape index (κ2) is 3.08. The number of hydrogen-bond donors (Lipinski definition) is 0. The van der Waals surface area contributed by atoms with Crippen LogP contribution in [0.25, 0.3) is 0 Å². The molecular formula is C8H13IO3. The maximum Gasteiger partial charge on any atom is 0.164 e. The Balaban J connectivity index is 2.06. The van der Waals surface area contributed by atoms with Crippen LogP contribution in [0.4, 0.5) is 0 Å². The Bertz CT molecular complexity index is 183. The zero-order valence-electron chi connectivity index (χ0n) is 7.25. The first-order valence-electron chi connectivity index (χ1n) is 4.15. The van der Waals surface area contributed by atoms with Crippen molar-refractivity contribution in [2.45, 2.75) is 37.9 Å². The first-order chi connectivity index (χ1) is 5.62. The zero-order chi connectivity index (χ0) is 8.77. The smallest absolute Gasteiger partial charge is 0.164 e. The third kappa shape index (κ3) is 1.49. The summed E-state index contributed by atoms with van der Waals surface area (Å²) in [6.07, 6.45) is 0.522. The molecule has 2 aliphatic rings. The lowest BCUT2D eigenvalue weighted by Gasteiger charge is -2.20. The number of rotatable bonds is 1. The van der Waals surface area contributed by atoms with E-state index in [0.717, 1.165) is 4.43 Å². The quantitative estimate of drug-likeness (QED) is 0.537. The van der Waals surface area contributed by atoms with E-state index < -0.39 is 5.79 Å². The molecule has 2 heterocycles. The van der Waals surface area contributed by atoms with Gasteiger partial charge in [0.15, 0.2) is 5.79 Å². The molecule has 0 saturated carbocycles. The van der Waals surface area contributed by atoms with Gasteiger partial charge in [0.25, 0.3) is 0 Å². The third-order valence-electron chi connectivity index (χ3n) is 2.21. The standard InChI is InChI=1S/C8H13IO3/c1-8(2)11-6-4-10-5(3-9)7(6)12-8/h5-7H,3-4H2,1-2H3. The van der Waals surface area contributed by atoms with E-state index in [1.807, 2.05) is 13.8 Å². The van der Waals surface area contributed by atoms with Crippen molar-refractivity contribution >= 4 is 22.6 Å². The van der Waals surface area contributed by atoms with Crippen molar-refractivity contribution in [1.82, 2.24) is 0 Å². The summed E-state index contributed by atoms with van der Waals surface area (Å²) < 4.78 is 17.9. The SMILES string of the molecule is CC1(C)OC2COC(CI)C2O1. The fourth-order valence-corrected chi connectivity index (χ4v) is 2.51. The summed E-state index contributed by atoms with van der Waals surface area (Å²) >= 11 is 2.32. The van der Waals surface area contributed by atoms with Gasteiger partial charge < -0.3 is 14.2 Å². The van der Waals surface area contributed by atoms with Gasteiger partial charge in [-0.3, -0.25) is 0 Å². The lowest BCUT2D eigenvalue weighted by Crippen LogP contribution is -2.30. The Labute approximate surface area is 85.9 Å². The molecule has 0 N–H and O–H groups in total. The minimum Gasteiger partial charge on any atom is -0.372 e. The van der Waals surface area contributed by atoms with Gasteiger partial charge in [0.2, 0.25) is 0 Å². The minimum atomic E-state index is -0.414. The van der Waals surface area contributed by atoms with Crippen LogP contribution in [0.1, 0.15) is 13.8 Å². The van der Waals surface area contributed by atoms with E-state index in [0.29, 0.717) is 6.61 Å². The summed E-state index contributed by atoms with van der Waals surface area (Å²) in [6.45, 7) is 4.59. The van der Waals surface area contributed by atoms with Crippen molar-refractivity contribution in [2.24, 2.45) is 0 Å². The Morgan fingerprint density at radius 3 is 2.83 bits per heavy atom. The summed E-state index contributed by atoms with van der Waals surface area (Å²) in [5.41, 5.74) is 0. The summed E-state index contributed by atoms with van der Waals surface area (Å²) in [5, 5.41) is 0. The molecule has 3 nitrogen and oxygen atoms in total. The molecule has 0 aromatic carbocycles. The van der Waals surface area contributed by atoms with Crippen molar-refractivity contribution in [3.8, 4) is 0 Å². The van der Waals surface area contributed by atoms with Crippen LogP contribution in [0.5, 0.6) is 0 Å². The highest BCUT2D eigenvalue weighted by molar-refractivity contribution is 14.1. The summed E-state index contributed by atoms with van der Waals surface area (Å²) in [5.74, 6) is -0.414. The fraction of sp³-hybridized carbons (Fsp3) is 1.00. The van der Waals surface area contributed by atoms with Gasteiger partial charge in [0.1, 0.15) is 12.2 Å². The maximum atomic E-state index is 5.72. The second-order valence-electron chi connectivity index (χ2n) is 3.66. The molecule has 0 bridgehead atoms. The summed E-state index contributed by atoms with van der Waals surface area (Å²) in [4.78, 5) is 0. The number of fused-ring (bicyclic) bond motifs is 1. The Morgan fingerprint density at radius 1 is 1.42 bits per heavy atom. The summed E-state index contributed by atoms with van der Waals surface area (Å²) in [7, 11) is 0. The number of halogens is 1. The molecule has 0 amide bonds. The third-order valence-corrected chi connectivity index (χ3v) is 3.08. The van der Waals surface area contributed by atoms with Gasteiger partial charge in [-0.05, 0) is 13.8 Å². The Kier molecular flexibility index (Phi) is 2.35. The molecule has 2 aliphatic heterocycles. The molecule has 12 heavy (non-hydrogen) atoms. The highest BCUT2D eigenvalue weighted by Gasteiger charge is 2.49. The van der Waals surface area contributed by atoms with E-state index in [1.54, 1.807) is 0 Å². The molecule has 0 spiro atoms. The van der Waals surface area contributed by atoms with Crippen LogP contribution in [-0.2, 0) is 14.2 Å². The number of hydrogen-bond acceptors (Lipinski definition) is 3. The van der Waals surface area contributed by atoms with E-state index in [-0.39, 0.29) is 18.3 Å². The van der Waals surface area contributed by atoms with E-state index in [1.165, 1.54) is 0 Å². The van der Waals surface area contributed by atoms with Crippen LogP contribution < -0.4 is 0 Å². The predicted molar refractivity (Wildman–Crippen MR) is 52.5 cm³/mol. The Hall–Kier alpha value is 0.610. The summed E-state index contributed by atoms with van der Waals surface area (Å²) in [6, 6.07) is 0. The predicted octanol–water partition coefficient (Wildman–Crippen LogP) is 1.34. The van der Waals surface area contributed by atoms with Crippen molar-refractivity contribution in [2.75, 3.05) is 11.0 Å². The molecule has 2 saturated heterocycles. The average molecular weight is 284 g/mol. The van der Waals surface area contributed by atoms with Gasteiger partial charge in [0, 0.05) is 4.43 Å². The molecule has 2 fully saturated rings. The van der Waals surface area contributed by atoms with Crippen LogP contribution in [-0.4, -0.2) is 35.1 Å². The van der Waals surface area contributed by atoms with Gasteiger partial charge in [-0.2, -0.15) is 0 Å². The molecule has 0 aromatic rings. The van der Waals surface area contributed by atoms with E-state index in [4.69, 9.17) is 14.2 Å². The lowest BCUT2D eigenvalue weighted by atomic mass is 10.2. The van der Waals surface area contributed by atoms with Gasteiger partial charge >= 0.3 is 0 Å². The largest absolute Gasteiger partial charge is 0.372 e. The van der Waals surface area contributed by atoms with Crippen LogP contribution in [0.15, 0.2) is 0 Å². The van der Waals surface area contributed by atoms with Gasteiger partial charge in [-0.15, -0.1) is 0 Å². The van der Waals surface area contributed by atoms with E-state index >= 15 is 0 Å². The van der Waals surface area contributed by atoms with Crippen LogP contribution in [0.2, 0.25) is 0 Å². The number of alkyl halides is 1. The highest BCUT2D eigenvalue weighted by atomic mass is 127. The minimum absolute atomic E-state index is 0.150. The van der Waals surface area contributed by atoms with Crippen molar-refractivity contribution in [3.63, 3.8) is 0 Å². The second-order valence-corrected chi connectivity index (χ2v) is 4.55. The van der Waals surface area contributed by atoms with Gasteiger partial charge in [0.05, 0.1) is 12.7 Å². The first-order valence-corrected chi connectivity index (χ1v) is 5.68. The van der Waals surface area contributed by atoms with Crippen LogP contribution >= 0.6 is 22.6 Å². The maximum absolute atomic E-state index is 5.72. The average Bonchev–Trinajstić information content (AvgIpc) is 2.42. The lowest BCUT2D eigenvalue weighted by molar-refractivity contribution is -0.172.